The van der Waals surface area contributed by atoms with E-state index in [1.165, 1.54) is 20.2 Å². The molecule has 0 saturated heterocycles. The van der Waals surface area contributed by atoms with E-state index in [0.717, 1.165) is 21.9 Å². The summed E-state index contributed by atoms with van der Waals surface area (Å²) >= 11 is 6.26. The predicted molar refractivity (Wildman–Crippen MR) is 129 cm³/mol. The number of ether oxygens (including phenoxy) is 1. The maximum absolute atomic E-state index is 12.7. The fourth-order valence-corrected chi connectivity index (χ4v) is 4.68. The van der Waals surface area contributed by atoms with Crippen molar-refractivity contribution in [3.63, 3.8) is 0 Å². The van der Waals surface area contributed by atoms with Gasteiger partial charge in [-0.2, -0.15) is 10.2 Å². The third-order valence-corrected chi connectivity index (χ3v) is 6.42. The van der Waals surface area contributed by atoms with Gasteiger partial charge in [0, 0.05) is 0 Å². The highest BCUT2D eigenvalue weighted by Crippen LogP contribution is 2.24. The van der Waals surface area contributed by atoms with Gasteiger partial charge in [-0.05, 0) is 50.2 Å². The van der Waals surface area contributed by atoms with E-state index < -0.39 is 22.0 Å². The highest BCUT2D eigenvalue weighted by atomic mass is 35.5. The summed E-state index contributed by atoms with van der Waals surface area (Å²) in [6.07, 6.45) is 2.41. The van der Waals surface area contributed by atoms with Crippen molar-refractivity contribution in [2.24, 2.45) is 5.10 Å². The summed E-state index contributed by atoms with van der Waals surface area (Å²) in [5, 5.41) is 8.50. The van der Waals surface area contributed by atoms with Crippen molar-refractivity contribution in [3.8, 4) is 11.4 Å². The van der Waals surface area contributed by atoms with E-state index in [9.17, 15) is 13.2 Å². The molecule has 1 atom stereocenters. The number of halogens is 1. The van der Waals surface area contributed by atoms with E-state index in [2.05, 4.69) is 15.6 Å². The highest BCUT2D eigenvalue weighted by molar-refractivity contribution is 7.92. The zero-order chi connectivity index (χ0) is 24.2. The van der Waals surface area contributed by atoms with Gasteiger partial charge in [0.25, 0.3) is 5.91 Å². The molecule has 174 valence electrons. The smallest absolute Gasteiger partial charge is 0.263 e. The van der Waals surface area contributed by atoms with Gasteiger partial charge in [0.15, 0.2) is 5.15 Å². The lowest BCUT2D eigenvalue weighted by atomic mass is 10.2. The summed E-state index contributed by atoms with van der Waals surface area (Å²) in [4.78, 5) is 12.7. The number of anilines is 1. The maximum atomic E-state index is 12.7. The summed E-state index contributed by atoms with van der Waals surface area (Å²) in [7, 11) is -2.25. The van der Waals surface area contributed by atoms with Crippen LogP contribution in [0.2, 0.25) is 5.15 Å². The quantitative estimate of drug-likeness (QED) is 0.386. The molecule has 0 unspecified atom stereocenters. The van der Waals surface area contributed by atoms with Crippen LogP contribution in [0.15, 0.2) is 59.7 Å². The molecule has 0 aliphatic carbocycles. The molecule has 0 fully saturated rings. The number of carbonyl (C=O) groups is 1. The minimum absolute atomic E-state index is 0.221. The second-order valence-corrected chi connectivity index (χ2v) is 9.42. The van der Waals surface area contributed by atoms with Crippen LogP contribution >= 0.6 is 11.6 Å². The number of nitrogens with zero attached hydrogens (tertiary/aromatic N) is 4. The lowest BCUT2D eigenvalue weighted by Gasteiger charge is -2.27. The number of para-hydroxylation sites is 1. The van der Waals surface area contributed by atoms with Crippen LogP contribution in [0.1, 0.15) is 18.2 Å². The van der Waals surface area contributed by atoms with E-state index >= 15 is 0 Å². The van der Waals surface area contributed by atoms with Crippen molar-refractivity contribution < 1.29 is 17.9 Å². The molecule has 11 heteroatoms. The normalized spacial score (nSPS) is 12.5. The minimum atomic E-state index is -3.75. The van der Waals surface area contributed by atoms with Crippen LogP contribution in [-0.4, -0.2) is 49.7 Å². The molecule has 0 radical (unpaired) electrons. The average molecular weight is 490 g/mol. The Hall–Kier alpha value is -3.37. The first-order valence-electron chi connectivity index (χ1n) is 9.90. The number of nitrogens with one attached hydrogen (secondary N) is 1. The first-order valence-corrected chi connectivity index (χ1v) is 12.1. The Morgan fingerprint density at radius 2 is 1.85 bits per heavy atom. The predicted octanol–water partition coefficient (Wildman–Crippen LogP) is 3.15. The van der Waals surface area contributed by atoms with Crippen molar-refractivity contribution in [2.75, 3.05) is 17.7 Å². The van der Waals surface area contributed by atoms with E-state index in [0.29, 0.717) is 17.0 Å². The van der Waals surface area contributed by atoms with Crippen molar-refractivity contribution in [3.05, 3.63) is 71.0 Å². The SMILES string of the molecule is COc1ccc(N([C@H](C)C(=O)N/N=C\c2c(Cl)nn(-c3ccccc3)c2C)S(C)(=O)=O)cc1. The van der Waals surface area contributed by atoms with E-state index in [4.69, 9.17) is 16.3 Å². The topological polar surface area (TPSA) is 106 Å². The summed E-state index contributed by atoms with van der Waals surface area (Å²) in [6.45, 7) is 3.30. The molecule has 9 nitrogen and oxygen atoms in total. The van der Waals surface area contributed by atoms with Crippen molar-refractivity contribution in [1.29, 1.82) is 0 Å². The molecule has 0 spiro atoms. The van der Waals surface area contributed by atoms with Gasteiger partial charge < -0.3 is 4.74 Å². The Balaban J connectivity index is 1.78. The summed E-state index contributed by atoms with van der Waals surface area (Å²) < 4.78 is 32.6. The number of amides is 1. The number of hydrogen-bond donors (Lipinski definition) is 1. The van der Waals surface area contributed by atoms with E-state index in [1.807, 2.05) is 37.3 Å². The lowest BCUT2D eigenvalue weighted by Crippen LogP contribution is -2.46. The number of carbonyl (C=O) groups excluding carboxylic acids is 1. The van der Waals surface area contributed by atoms with Crippen LogP contribution in [0.5, 0.6) is 5.75 Å². The number of benzene rings is 2. The van der Waals surface area contributed by atoms with Gasteiger partial charge in [-0.15, -0.1) is 0 Å². The molecule has 1 amide bonds. The molecule has 2 aromatic carbocycles. The zero-order valence-electron chi connectivity index (χ0n) is 18.6. The van der Waals surface area contributed by atoms with Crippen LogP contribution in [0, 0.1) is 6.92 Å². The average Bonchev–Trinajstić information content (AvgIpc) is 3.07. The van der Waals surface area contributed by atoms with Gasteiger partial charge in [-0.25, -0.2) is 18.5 Å². The van der Waals surface area contributed by atoms with Gasteiger partial charge in [0.05, 0.1) is 42.2 Å². The Morgan fingerprint density at radius 1 is 1.21 bits per heavy atom. The monoisotopic (exact) mass is 489 g/mol. The minimum Gasteiger partial charge on any atom is -0.497 e. The Labute approximate surface area is 197 Å². The molecule has 1 N–H and O–H groups in total. The van der Waals surface area contributed by atoms with Crippen LogP contribution in [0.25, 0.3) is 5.69 Å². The first kappa shape index (κ1) is 24.3. The third kappa shape index (κ3) is 5.52. The number of aromatic nitrogens is 2. The Morgan fingerprint density at radius 3 is 2.42 bits per heavy atom. The number of rotatable bonds is 8. The van der Waals surface area contributed by atoms with Crippen LogP contribution in [-0.2, 0) is 14.8 Å². The molecule has 0 saturated carbocycles. The van der Waals surface area contributed by atoms with Crippen LogP contribution < -0.4 is 14.5 Å². The summed E-state index contributed by atoms with van der Waals surface area (Å²) in [5.74, 6) is -0.0473. The summed E-state index contributed by atoms with van der Waals surface area (Å²) in [5.41, 5.74) is 4.80. The molecule has 1 aromatic heterocycles. The molecular formula is C22H24ClN5O4S. The lowest BCUT2D eigenvalue weighted by molar-refractivity contribution is -0.121. The molecular weight excluding hydrogens is 466 g/mol. The first-order chi connectivity index (χ1) is 15.6. The Bertz CT molecular complexity index is 1260. The van der Waals surface area contributed by atoms with Crippen molar-refractivity contribution >= 4 is 39.4 Å². The molecule has 3 rings (SSSR count). The van der Waals surface area contributed by atoms with Gasteiger partial charge in [-0.3, -0.25) is 9.10 Å². The van der Waals surface area contributed by atoms with Crippen molar-refractivity contribution in [2.45, 2.75) is 19.9 Å². The van der Waals surface area contributed by atoms with Gasteiger partial charge >= 0.3 is 0 Å². The highest BCUT2D eigenvalue weighted by Gasteiger charge is 2.29. The molecule has 3 aromatic rings. The van der Waals surface area contributed by atoms with E-state index in [1.54, 1.807) is 28.9 Å². The second kappa shape index (κ2) is 10.1. The Kier molecular flexibility index (Phi) is 7.39. The fourth-order valence-electron chi connectivity index (χ4n) is 3.24. The van der Waals surface area contributed by atoms with Gasteiger partial charge in [0.2, 0.25) is 10.0 Å². The fraction of sp³-hybridized carbons (Fsp3) is 0.227. The number of hydrogen-bond acceptors (Lipinski definition) is 6. The number of methoxy groups -OCH3 is 1. The van der Waals surface area contributed by atoms with Crippen LogP contribution in [0.4, 0.5) is 5.69 Å². The molecule has 0 aliphatic rings. The molecule has 1 heterocycles. The molecule has 0 bridgehead atoms. The van der Waals surface area contributed by atoms with E-state index in [-0.39, 0.29) is 5.15 Å². The summed E-state index contributed by atoms with van der Waals surface area (Å²) in [6, 6.07) is 14.7. The molecule has 0 aliphatic heterocycles. The maximum Gasteiger partial charge on any atom is 0.263 e. The van der Waals surface area contributed by atoms with Gasteiger partial charge in [-0.1, -0.05) is 29.8 Å². The van der Waals surface area contributed by atoms with Gasteiger partial charge in [0.1, 0.15) is 11.8 Å². The van der Waals surface area contributed by atoms with Crippen LogP contribution in [0.3, 0.4) is 0 Å². The largest absolute Gasteiger partial charge is 0.497 e. The third-order valence-electron chi connectivity index (χ3n) is 4.90. The second-order valence-electron chi connectivity index (χ2n) is 7.20. The number of sulfonamides is 1. The number of hydrazone groups is 1. The molecule has 33 heavy (non-hydrogen) atoms. The van der Waals surface area contributed by atoms with Crippen molar-refractivity contribution in [1.82, 2.24) is 15.2 Å². The standard InChI is InChI=1S/C22H24ClN5O4S/c1-15-20(21(23)26-27(15)17-8-6-5-7-9-17)14-24-25-22(29)16(2)28(33(4,30)31)18-10-12-19(32-3)13-11-18/h5-14,16H,1-4H3,(H,25,29)/b24-14-/t16-/m1/s1. The zero-order valence-corrected chi connectivity index (χ0v) is 20.1.